The van der Waals surface area contributed by atoms with Crippen LogP contribution in [0.3, 0.4) is 0 Å². The molecule has 0 spiro atoms. The number of nitrogens with zero attached hydrogens (tertiary/aromatic N) is 4. The van der Waals surface area contributed by atoms with Gasteiger partial charge in [-0.2, -0.15) is 0 Å². The molecular weight excluding hydrogens is 406 g/mol. The van der Waals surface area contributed by atoms with Crippen molar-refractivity contribution in [3.63, 3.8) is 0 Å². The third-order valence-electron chi connectivity index (χ3n) is 5.10. The van der Waals surface area contributed by atoms with Crippen LogP contribution in [-0.4, -0.2) is 26.1 Å². The fourth-order valence-corrected chi connectivity index (χ4v) is 4.04. The summed E-state index contributed by atoms with van der Waals surface area (Å²) in [5.41, 5.74) is 3.78. The van der Waals surface area contributed by atoms with Gasteiger partial charge in [0.25, 0.3) is 5.91 Å². The molecule has 0 aliphatic heterocycles. The number of nitrogens with one attached hydrogen (secondary N) is 1. The van der Waals surface area contributed by atoms with Crippen molar-refractivity contribution in [2.75, 3.05) is 5.32 Å². The second kappa shape index (κ2) is 10.0. The van der Waals surface area contributed by atoms with E-state index in [1.807, 2.05) is 30.3 Å². The van der Waals surface area contributed by atoms with Crippen LogP contribution in [0.2, 0.25) is 0 Å². The molecule has 0 aliphatic carbocycles. The lowest BCUT2D eigenvalue weighted by molar-refractivity contribution is 0.102. The Morgan fingerprint density at radius 3 is 2.58 bits per heavy atom. The third-order valence-corrected chi connectivity index (χ3v) is 5.99. The van der Waals surface area contributed by atoms with Gasteiger partial charge in [0.2, 0.25) is 5.13 Å². The summed E-state index contributed by atoms with van der Waals surface area (Å²) in [5.74, 6) is 0.282. The summed E-state index contributed by atoms with van der Waals surface area (Å²) >= 11 is 1.32. The van der Waals surface area contributed by atoms with Gasteiger partial charge >= 0.3 is 0 Å². The molecule has 4 rings (SSSR count). The van der Waals surface area contributed by atoms with Crippen molar-refractivity contribution in [2.45, 2.75) is 32.1 Å². The molecule has 0 saturated heterocycles. The molecule has 31 heavy (non-hydrogen) atoms. The number of rotatable bonds is 8. The van der Waals surface area contributed by atoms with E-state index in [-0.39, 0.29) is 5.91 Å². The maximum absolute atomic E-state index is 12.5. The molecule has 1 atom stereocenters. The summed E-state index contributed by atoms with van der Waals surface area (Å²) in [6, 6.07) is 18.0. The Morgan fingerprint density at radius 1 is 1.03 bits per heavy atom. The number of benzene rings is 1. The Bertz CT molecular complexity index is 1110. The number of carbonyl (C=O) groups excluding carboxylic acids is 1. The number of amides is 1. The van der Waals surface area contributed by atoms with Crippen LogP contribution in [0.15, 0.2) is 73.2 Å². The zero-order valence-electron chi connectivity index (χ0n) is 17.2. The standard InChI is InChI=1S/C24H23N5OS/c1-17(18-7-3-2-4-8-18)6-5-9-21-11-10-20(16-26-21)22(30)27-24-29-28-23(31-24)19-12-14-25-15-13-19/h2-4,7-8,10-17H,5-6,9H2,1H3,(H,27,29,30)/t17-/m1/s1. The van der Waals surface area contributed by atoms with Crippen LogP contribution in [0.4, 0.5) is 5.13 Å². The molecule has 0 radical (unpaired) electrons. The highest BCUT2D eigenvalue weighted by molar-refractivity contribution is 7.18. The largest absolute Gasteiger partial charge is 0.296 e. The highest BCUT2D eigenvalue weighted by Crippen LogP contribution is 2.26. The summed E-state index contributed by atoms with van der Waals surface area (Å²) in [6.07, 6.45) is 8.07. The van der Waals surface area contributed by atoms with Crippen molar-refractivity contribution in [3.05, 3.63) is 90.0 Å². The molecule has 3 aromatic heterocycles. The highest BCUT2D eigenvalue weighted by Gasteiger charge is 2.12. The maximum Gasteiger partial charge on any atom is 0.259 e. The molecule has 4 aromatic rings. The van der Waals surface area contributed by atoms with Crippen molar-refractivity contribution >= 4 is 22.4 Å². The number of carbonyl (C=O) groups is 1. The highest BCUT2D eigenvalue weighted by atomic mass is 32.1. The van der Waals surface area contributed by atoms with E-state index >= 15 is 0 Å². The second-order valence-electron chi connectivity index (χ2n) is 7.34. The Hall–Kier alpha value is -3.45. The first-order valence-corrected chi connectivity index (χ1v) is 11.1. The van der Waals surface area contributed by atoms with Crippen LogP contribution in [0, 0.1) is 0 Å². The van der Waals surface area contributed by atoms with Gasteiger partial charge in [-0.25, -0.2) is 0 Å². The van der Waals surface area contributed by atoms with Crippen molar-refractivity contribution in [1.29, 1.82) is 0 Å². The minimum absolute atomic E-state index is 0.242. The number of aromatic nitrogens is 4. The molecule has 0 unspecified atom stereocenters. The zero-order valence-corrected chi connectivity index (χ0v) is 18.0. The van der Waals surface area contributed by atoms with E-state index in [2.05, 4.69) is 56.7 Å². The molecule has 3 heterocycles. The minimum atomic E-state index is -0.242. The van der Waals surface area contributed by atoms with E-state index in [9.17, 15) is 4.79 Å². The first-order chi connectivity index (χ1) is 15.2. The first-order valence-electron chi connectivity index (χ1n) is 10.2. The molecule has 156 valence electrons. The van der Waals surface area contributed by atoms with Crippen LogP contribution in [0.1, 0.15) is 47.3 Å². The molecular formula is C24H23N5OS. The Labute approximate surface area is 185 Å². The van der Waals surface area contributed by atoms with Crippen molar-refractivity contribution in [2.24, 2.45) is 0 Å². The zero-order chi connectivity index (χ0) is 21.5. The van der Waals surface area contributed by atoms with E-state index in [0.717, 1.165) is 35.5 Å². The predicted molar refractivity (Wildman–Crippen MR) is 123 cm³/mol. The topological polar surface area (TPSA) is 80.7 Å². The molecule has 6 nitrogen and oxygen atoms in total. The van der Waals surface area contributed by atoms with Crippen LogP contribution in [-0.2, 0) is 6.42 Å². The molecule has 0 bridgehead atoms. The van der Waals surface area contributed by atoms with Crippen LogP contribution < -0.4 is 5.32 Å². The van der Waals surface area contributed by atoms with Gasteiger partial charge in [-0.05, 0) is 55.0 Å². The minimum Gasteiger partial charge on any atom is -0.296 e. The van der Waals surface area contributed by atoms with Gasteiger partial charge in [0.15, 0.2) is 0 Å². The lowest BCUT2D eigenvalue weighted by Crippen LogP contribution is -2.12. The Morgan fingerprint density at radius 2 is 1.84 bits per heavy atom. The average molecular weight is 430 g/mol. The number of hydrogen-bond donors (Lipinski definition) is 1. The molecule has 7 heteroatoms. The van der Waals surface area contributed by atoms with Gasteiger partial charge in [0.1, 0.15) is 5.01 Å². The van der Waals surface area contributed by atoms with Gasteiger partial charge in [-0.1, -0.05) is 48.6 Å². The van der Waals surface area contributed by atoms with E-state index in [4.69, 9.17) is 0 Å². The van der Waals surface area contributed by atoms with Crippen molar-refractivity contribution in [1.82, 2.24) is 20.2 Å². The van der Waals surface area contributed by atoms with E-state index in [0.29, 0.717) is 16.6 Å². The van der Waals surface area contributed by atoms with Crippen LogP contribution >= 0.6 is 11.3 Å². The molecule has 0 aliphatic rings. The summed E-state index contributed by atoms with van der Waals surface area (Å²) in [4.78, 5) is 21.0. The Kier molecular flexibility index (Phi) is 6.74. The van der Waals surface area contributed by atoms with E-state index < -0.39 is 0 Å². The average Bonchev–Trinajstić information content (AvgIpc) is 3.29. The third kappa shape index (κ3) is 5.58. The summed E-state index contributed by atoms with van der Waals surface area (Å²) < 4.78 is 0. The monoisotopic (exact) mass is 429 g/mol. The Balaban J connectivity index is 1.29. The lowest BCUT2D eigenvalue weighted by Gasteiger charge is -2.11. The van der Waals surface area contributed by atoms with Crippen LogP contribution in [0.5, 0.6) is 0 Å². The van der Waals surface area contributed by atoms with E-state index in [1.54, 1.807) is 18.6 Å². The molecule has 1 aromatic carbocycles. The number of aryl methyl sites for hydroxylation is 1. The van der Waals surface area contributed by atoms with Crippen molar-refractivity contribution < 1.29 is 4.79 Å². The van der Waals surface area contributed by atoms with Gasteiger partial charge in [0.05, 0.1) is 5.56 Å². The quantitative estimate of drug-likeness (QED) is 0.407. The lowest BCUT2D eigenvalue weighted by atomic mass is 9.95. The van der Waals surface area contributed by atoms with Crippen molar-refractivity contribution in [3.8, 4) is 10.6 Å². The molecule has 1 N–H and O–H groups in total. The van der Waals surface area contributed by atoms with Gasteiger partial charge < -0.3 is 0 Å². The molecule has 0 saturated carbocycles. The summed E-state index contributed by atoms with van der Waals surface area (Å²) in [5, 5.41) is 12.2. The first kappa shape index (κ1) is 20.8. The molecule has 0 fully saturated rings. The number of anilines is 1. The van der Waals surface area contributed by atoms with Gasteiger partial charge in [0, 0.05) is 29.8 Å². The number of hydrogen-bond acceptors (Lipinski definition) is 6. The summed E-state index contributed by atoms with van der Waals surface area (Å²) in [7, 11) is 0. The fraction of sp³-hybridized carbons (Fsp3) is 0.208. The van der Waals surface area contributed by atoms with Gasteiger partial charge in [-0.15, -0.1) is 10.2 Å². The van der Waals surface area contributed by atoms with Crippen LogP contribution in [0.25, 0.3) is 10.6 Å². The number of pyridine rings is 2. The fourth-order valence-electron chi connectivity index (χ4n) is 3.30. The second-order valence-corrected chi connectivity index (χ2v) is 8.32. The SMILES string of the molecule is C[C@H](CCCc1ccc(C(=O)Nc2nnc(-c3ccncc3)s2)cn1)c1ccccc1. The molecule has 1 amide bonds. The predicted octanol–water partition coefficient (Wildman–Crippen LogP) is 5.37. The van der Waals surface area contributed by atoms with E-state index in [1.165, 1.54) is 16.9 Å². The summed E-state index contributed by atoms with van der Waals surface area (Å²) in [6.45, 7) is 2.25. The van der Waals surface area contributed by atoms with Gasteiger partial charge in [-0.3, -0.25) is 20.1 Å². The smallest absolute Gasteiger partial charge is 0.259 e. The maximum atomic E-state index is 12.5. The normalized spacial score (nSPS) is 11.8.